The van der Waals surface area contributed by atoms with Crippen molar-refractivity contribution in [3.05, 3.63) is 64.9 Å². The second-order valence-corrected chi connectivity index (χ2v) is 7.28. The Balaban J connectivity index is 1.66. The van der Waals surface area contributed by atoms with Crippen molar-refractivity contribution in [2.24, 2.45) is 0 Å². The number of rotatable bonds is 4. The fraction of sp³-hybridized carbons (Fsp3) is 0.211. The van der Waals surface area contributed by atoms with Crippen molar-refractivity contribution in [3.8, 4) is 0 Å². The molecule has 1 unspecified atom stereocenters. The van der Waals surface area contributed by atoms with Gasteiger partial charge in [0.25, 0.3) is 5.91 Å². The highest BCUT2D eigenvalue weighted by molar-refractivity contribution is 7.18. The molecule has 0 aliphatic carbocycles. The maximum atomic E-state index is 13.3. The third-order valence-electron chi connectivity index (χ3n) is 4.67. The first kappa shape index (κ1) is 16.7. The van der Waals surface area contributed by atoms with E-state index in [-0.39, 0.29) is 18.3 Å². The molecule has 1 N–H and O–H groups in total. The molecule has 1 aliphatic rings. The summed E-state index contributed by atoms with van der Waals surface area (Å²) in [6, 6.07) is 12.9. The van der Waals surface area contributed by atoms with E-state index >= 15 is 0 Å². The van der Waals surface area contributed by atoms with Crippen molar-refractivity contribution >= 4 is 33.5 Å². The van der Waals surface area contributed by atoms with E-state index in [9.17, 15) is 14.0 Å². The van der Waals surface area contributed by atoms with Gasteiger partial charge in [-0.2, -0.15) is 0 Å². The molecule has 4 rings (SSSR count). The Morgan fingerprint density at radius 2 is 1.88 bits per heavy atom. The summed E-state index contributed by atoms with van der Waals surface area (Å²) in [7, 11) is 0. The monoisotopic (exact) mass is 369 g/mol. The number of nitrogens with zero attached hydrogens (tertiary/aromatic N) is 2. The SMILES string of the molecule is CCC1(c2ccc(F)cc2)NC(=O)N(Cc2nc3ccccc3s2)C1=O. The number of aromatic nitrogens is 1. The number of hydrogen-bond acceptors (Lipinski definition) is 4. The van der Waals surface area contributed by atoms with Crippen molar-refractivity contribution < 1.29 is 14.0 Å². The Morgan fingerprint density at radius 3 is 2.58 bits per heavy atom. The van der Waals surface area contributed by atoms with Gasteiger partial charge < -0.3 is 5.32 Å². The molecule has 2 aromatic carbocycles. The van der Waals surface area contributed by atoms with Crippen LogP contribution in [0.1, 0.15) is 23.9 Å². The summed E-state index contributed by atoms with van der Waals surface area (Å²) in [6.07, 6.45) is 0.375. The molecular formula is C19H16FN3O2S. The van der Waals surface area contributed by atoms with E-state index in [4.69, 9.17) is 0 Å². The Kier molecular flexibility index (Phi) is 3.96. The summed E-state index contributed by atoms with van der Waals surface area (Å²) < 4.78 is 14.3. The molecule has 1 aliphatic heterocycles. The van der Waals surface area contributed by atoms with Crippen LogP contribution in [0.15, 0.2) is 48.5 Å². The number of para-hydroxylation sites is 1. The van der Waals surface area contributed by atoms with Crippen LogP contribution in [0.2, 0.25) is 0 Å². The molecular weight excluding hydrogens is 353 g/mol. The first-order chi connectivity index (χ1) is 12.5. The van der Waals surface area contributed by atoms with Crippen LogP contribution in [0.4, 0.5) is 9.18 Å². The second kappa shape index (κ2) is 6.17. The fourth-order valence-electron chi connectivity index (χ4n) is 3.27. The maximum absolute atomic E-state index is 13.3. The number of halogens is 1. The third kappa shape index (κ3) is 2.55. The summed E-state index contributed by atoms with van der Waals surface area (Å²) in [5.41, 5.74) is 0.257. The minimum Gasteiger partial charge on any atom is -0.319 e. The standard InChI is InChI=1S/C19H16FN3O2S/c1-2-19(12-7-9-13(20)10-8-12)17(24)23(18(25)22-19)11-16-21-14-5-3-4-6-15(14)26-16/h3-10H,2,11H2,1H3,(H,22,25). The fourth-order valence-corrected chi connectivity index (χ4v) is 4.22. The van der Waals surface area contributed by atoms with Gasteiger partial charge in [-0.1, -0.05) is 31.2 Å². The third-order valence-corrected chi connectivity index (χ3v) is 5.70. The van der Waals surface area contributed by atoms with Crippen LogP contribution in [-0.4, -0.2) is 21.8 Å². The van der Waals surface area contributed by atoms with Gasteiger partial charge in [0, 0.05) is 0 Å². The number of fused-ring (bicyclic) bond motifs is 1. The molecule has 3 amide bonds. The van der Waals surface area contributed by atoms with E-state index < -0.39 is 11.6 Å². The van der Waals surface area contributed by atoms with Crippen LogP contribution in [0.3, 0.4) is 0 Å². The lowest BCUT2D eigenvalue weighted by molar-refractivity contribution is -0.132. The predicted molar refractivity (Wildman–Crippen MR) is 97.1 cm³/mol. The Bertz CT molecular complexity index is 968. The zero-order chi connectivity index (χ0) is 18.3. The lowest BCUT2D eigenvalue weighted by Gasteiger charge is -2.25. The molecule has 3 aromatic rings. The van der Waals surface area contributed by atoms with Gasteiger partial charge in [-0.25, -0.2) is 14.2 Å². The molecule has 0 radical (unpaired) electrons. The number of urea groups is 1. The van der Waals surface area contributed by atoms with Crippen LogP contribution in [-0.2, 0) is 16.9 Å². The van der Waals surface area contributed by atoms with Crippen LogP contribution in [0.25, 0.3) is 10.2 Å². The van der Waals surface area contributed by atoms with Crippen LogP contribution in [0.5, 0.6) is 0 Å². The average molecular weight is 369 g/mol. The highest BCUT2D eigenvalue weighted by Crippen LogP contribution is 2.34. The number of thiazole rings is 1. The highest BCUT2D eigenvalue weighted by Gasteiger charge is 2.51. The van der Waals surface area contributed by atoms with Crippen LogP contribution < -0.4 is 5.32 Å². The number of imide groups is 1. The summed E-state index contributed by atoms with van der Waals surface area (Å²) in [4.78, 5) is 31.3. The van der Waals surface area contributed by atoms with Gasteiger partial charge in [0.15, 0.2) is 0 Å². The molecule has 0 spiro atoms. The van der Waals surface area contributed by atoms with Crippen molar-refractivity contribution in [1.82, 2.24) is 15.2 Å². The summed E-state index contributed by atoms with van der Waals surface area (Å²) in [5, 5.41) is 3.49. The lowest BCUT2D eigenvalue weighted by Crippen LogP contribution is -2.43. The zero-order valence-corrected chi connectivity index (χ0v) is 14.8. The minimum absolute atomic E-state index is 0.118. The topological polar surface area (TPSA) is 62.3 Å². The normalized spacial score (nSPS) is 20.0. The average Bonchev–Trinajstić information content (AvgIpc) is 3.16. The van der Waals surface area contributed by atoms with Gasteiger partial charge in [0.2, 0.25) is 0 Å². The maximum Gasteiger partial charge on any atom is 0.325 e. The first-order valence-electron chi connectivity index (χ1n) is 8.28. The zero-order valence-electron chi connectivity index (χ0n) is 14.0. The van der Waals surface area contributed by atoms with E-state index in [1.165, 1.54) is 40.5 Å². The van der Waals surface area contributed by atoms with E-state index in [0.717, 1.165) is 10.2 Å². The molecule has 26 heavy (non-hydrogen) atoms. The number of benzene rings is 2. The Morgan fingerprint density at radius 1 is 1.15 bits per heavy atom. The summed E-state index contributed by atoms with van der Waals surface area (Å²) in [6.45, 7) is 1.94. The van der Waals surface area contributed by atoms with E-state index in [1.54, 1.807) is 0 Å². The number of carbonyl (C=O) groups excluding carboxylic acids is 2. The van der Waals surface area contributed by atoms with Crippen LogP contribution in [0, 0.1) is 5.82 Å². The predicted octanol–water partition coefficient (Wildman–Crippen LogP) is 3.79. The van der Waals surface area contributed by atoms with Gasteiger partial charge in [-0.05, 0) is 36.2 Å². The van der Waals surface area contributed by atoms with Crippen molar-refractivity contribution in [1.29, 1.82) is 0 Å². The highest BCUT2D eigenvalue weighted by atomic mass is 32.1. The van der Waals surface area contributed by atoms with Crippen molar-refractivity contribution in [3.63, 3.8) is 0 Å². The first-order valence-corrected chi connectivity index (χ1v) is 9.10. The molecule has 132 valence electrons. The molecule has 5 nitrogen and oxygen atoms in total. The number of hydrogen-bond donors (Lipinski definition) is 1. The summed E-state index contributed by atoms with van der Waals surface area (Å²) >= 11 is 1.46. The van der Waals surface area contributed by atoms with Gasteiger partial charge >= 0.3 is 6.03 Å². The van der Waals surface area contributed by atoms with Gasteiger partial charge in [0.1, 0.15) is 16.4 Å². The molecule has 1 aromatic heterocycles. The largest absolute Gasteiger partial charge is 0.325 e. The molecule has 1 saturated heterocycles. The van der Waals surface area contributed by atoms with Crippen molar-refractivity contribution in [2.75, 3.05) is 0 Å². The molecule has 1 fully saturated rings. The Hall–Kier alpha value is -2.80. The van der Waals surface area contributed by atoms with Gasteiger partial charge in [0.05, 0.1) is 16.8 Å². The van der Waals surface area contributed by atoms with E-state index in [2.05, 4.69) is 10.3 Å². The van der Waals surface area contributed by atoms with Gasteiger partial charge in [-0.3, -0.25) is 9.69 Å². The van der Waals surface area contributed by atoms with E-state index in [0.29, 0.717) is 17.0 Å². The number of carbonyl (C=O) groups is 2. The molecule has 2 heterocycles. The summed E-state index contributed by atoms with van der Waals surface area (Å²) in [5.74, 6) is -0.723. The van der Waals surface area contributed by atoms with Crippen LogP contribution >= 0.6 is 11.3 Å². The molecule has 7 heteroatoms. The number of nitrogens with one attached hydrogen (secondary N) is 1. The molecule has 1 atom stereocenters. The smallest absolute Gasteiger partial charge is 0.319 e. The number of amides is 3. The lowest BCUT2D eigenvalue weighted by atomic mass is 9.87. The van der Waals surface area contributed by atoms with Gasteiger partial charge in [-0.15, -0.1) is 11.3 Å². The molecule has 0 bridgehead atoms. The molecule has 0 saturated carbocycles. The minimum atomic E-state index is -1.17. The quantitative estimate of drug-likeness (QED) is 0.712. The Labute approximate surface area is 153 Å². The second-order valence-electron chi connectivity index (χ2n) is 6.16. The van der Waals surface area contributed by atoms with E-state index in [1.807, 2.05) is 31.2 Å². The van der Waals surface area contributed by atoms with Crippen molar-refractivity contribution in [2.45, 2.75) is 25.4 Å².